The molecule has 1 aliphatic heterocycles. The standard InChI is InChI=1S/C23H18ClNO2S2/c1-2-25-22(26)21(29-23(25)28)13-17-12-18(24)10-11-20(17)27-14-16-8-5-7-15-6-3-4-9-19(15)16/h3-13H,2,14H2,1H3/b21-13-. The molecule has 0 radical (unpaired) electrons. The van der Waals surface area contributed by atoms with Crippen molar-refractivity contribution in [1.29, 1.82) is 0 Å². The van der Waals surface area contributed by atoms with E-state index in [0.717, 1.165) is 16.5 Å². The number of fused-ring (bicyclic) bond motifs is 1. The van der Waals surface area contributed by atoms with Crippen molar-refractivity contribution in [3.8, 4) is 5.75 Å². The van der Waals surface area contributed by atoms with E-state index in [2.05, 4.69) is 24.3 Å². The van der Waals surface area contributed by atoms with Crippen LogP contribution in [0.3, 0.4) is 0 Å². The van der Waals surface area contributed by atoms with Crippen molar-refractivity contribution < 1.29 is 9.53 Å². The molecule has 0 bridgehead atoms. The van der Waals surface area contributed by atoms with Crippen molar-refractivity contribution in [2.75, 3.05) is 6.54 Å². The SMILES string of the molecule is CCN1C(=O)/C(=C/c2cc(Cl)ccc2OCc2cccc3ccccc23)SC1=S. The lowest BCUT2D eigenvalue weighted by molar-refractivity contribution is -0.121. The van der Waals surface area contributed by atoms with Crippen molar-refractivity contribution in [3.05, 3.63) is 81.7 Å². The zero-order valence-electron chi connectivity index (χ0n) is 15.7. The molecule has 1 amide bonds. The van der Waals surface area contributed by atoms with Crippen LogP contribution in [0.1, 0.15) is 18.1 Å². The van der Waals surface area contributed by atoms with Gasteiger partial charge in [0.25, 0.3) is 5.91 Å². The molecule has 0 aromatic heterocycles. The second-order valence-electron chi connectivity index (χ2n) is 6.54. The zero-order valence-corrected chi connectivity index (χ0v) is 18.1. The Bertz CT molecular complexity index is 1140. The highest BCUT2D eigenvalue weighted by Crippen LogP contribution is 2.35. The lowest BCUT2D eigenvalue weighted by atomic mass is 10.1. The van der Waals surface area contributed by atoms with E-state index in [0.29, 0.717) is 33.1 Å². The van der Waals surface area contributed by atoms with E-state index in [1.54, 1.807) is 23.1 Å². The summed E-state index contributed by atoms with van der Waals surface area (Å²) in [6, 6.07) is 19.8. The van der Waals surface area contributed by atoms with Crippen LogP contribution in [0, 0.1) is 0 Å². The molecule has 1 aliphatic rings. The summed E-state index contributed by atoms with van der Waals surface area (Å²) < 4.78 is 6.71. The van der Waals surface area contributed by atoms with Crippen LogP contribution in [0.5, 0.6) is 5.75 Å². The normalized spacial score (nSPS) is 15.5. The third-order valence-electron chi connectivity index (χ3n) is 4.71. The van der Waals surface area contributed by atoms with Crippen LogP contribution in [0.2, 0.25) is 5.02 Å². The third-order valence-corrected chi connectivity index (χ3v) is 6.32. The van der Waals surface area contributed by atoms with Crippen molar-refractivity contribution in [3.63, 3.8) is 0 Å². The van der Waals surface area contributed by atoms with Crippen LogP contribution < -0.4 is 4.74 Å². The number of thiocarbonyl (C=S) groups is 1. The predicted molar refractivity (Wildman–Crippen MR) is 125 cm³/mol. The van der Waals surface area contributed by atoms with E-state index in [-0.39, 0.29) is 5.91 Å². The Hall–Kier alpha value is -2.34. The lowest BCUT2D eigenvalue weighted by Crippen LogP contribution is -2.27. The highest BCUT2D eigenvalue weighted by molar-refractivity contribution is 8.26. The first kappa shape index (κ1) is 20.0. The second kappa shape index (κ2) is 8.57. The first-order valence-electron chi connectivity index (χ1n) is 9.21. The minimum Gasteiger partial charge on any atom is -0.488 e. The van der Waals surface area contributed by atoms with Crippen LogP contribution in [0.25, 0.3) is 16.8 Å². The maximum Gasteiger partial charge on any atom is 0.266 e. The minimum atomic E-state index is -0.0810. The van der Waals surface area contributed by atoms with Crippen LogP contribution in [0.4, 0.5) is 0 Å². The summed E-state index contributed by atoms with van der Waals surface area (Å²) in [4.78, 5) is 14.7. The highest BCUT2D eigenvalue weighted by Gasteiger charge is 2.30. The van der Waals surface area contributed by atoms with Gasteiger partial charge in [-0.15, -0.1) is 0 Å². The number of carbonyl (C=O) groups is 1. The average molecular weight is 440 g/mol. The van der Waals surface area contributed by atoms with E-state index in [4.69, 9.17) is 28.6 Å². The molecule has 0 unspecified atom stereocenters. The molecular formula is C23H18ClNO2S2. The maximum atomic E-state index is 12.5. The number of hydrogen-bond acceptors (Lipinski definition) is 4. The van der Waals surface area contributed by atoms with E-state index in [9.17, 15) is 4.79 Å². The van der Waals surface area contributed by atoms with Gasteiger partial charge >= 0.3 is 0 Å². The number of hydrogen-bond donors (Lipinski definition) is 0. The minimum absolute atomic E-state index is 0.0810. The summed E-state index contributed by atoms with van der Waals surface area (Å²) in [7, 11) is 0. The van der Waals surface area contributed by atoms with Gasteiger partial charge in [0, 0.05) is 17.1 Å². The average Bonchev–Trinajstić information content (AvgIpc) is 2.99. The quantitative estimate of drug-likeness (QED) is 0.345. The Morgan fingerprint density at radius 2 is 1.93 bits per heavy atom. The molecule has 0 spiro atoms. The van der Waals surface area contributed by atoms with E-state index < -0.39 is 0 Å². The molecule has 146 valence electrons. The molecule has 1 heterocycles. The highest BCUT2D eigenvalue weighted by atomic mass is 35.5. The molecule has 6 heteroatoms. The first-order valence-corrected chi connectivity index (χ1v) is 10.8. The van der Waals surface area contributed by atoms with Gasteiger partial charge in [0.05, 0.1) is 4.91 Å². The van der Waals surface area contributed by atoms with E-state index >= 15 is 0 Å². The molecular weight excluding hydrogens is 422 g/mol. The molecule has 1 fully saturated rings. The van der Waals surface area contributed by atoms with Gasteiger partial charge in [0.15, 0.2) is 0 Å². The molecule has 3 aromatic rings. The Morgan fingerprint density at radius 1 is 1.14 bits per heavy atom. The molecule has 4 rings (SSSR count). The Kier molecular flexibility index (Phi) is 5.90. The van der Waals surface area contributed by atoms with Crippen molar-refractivity contribution in [1.82, 2.24) is 4.90 Å². The Balaban J connectivity index is 1.63. The van der Waals surface area contributed by atoms with E-state index in [1.165, 1.54) is 17.1 Å². The fourth-order valence-electron chi connectivity index (χ4n) is 3.25. The number of likely N-dealkylation sites (N-methyl/N-ethyl adjacent to an activating group) is 1. The molecule has 0 N–H and O–H groups in total. The summed E-state index contributed by atoms with van der Waals surface area (Å²) in [5, 5.41) is 2.92. The number of nitrogens with zero attached hydrogens (tertiary/aromatic N) is 1. The number of halogens is 1. The predicted octanol–water partition coefficient (Wildman–Crippen LogP) is 6.29. The smallest absolute Gasteiger partial charge is 0.266 e. The first-order chi connectivity index (χ1) is 14.1. The van der Waals surface area contributed by atoms with Gasteiger partial charge in [-0.1, -0.05) is 78.0 Å². The Morgan fingerprint density at radius 3 is 2.72 bits per heavy atom. The van der Waals surface area contributed by atoms with Crippen LogP contribution in [0.15, 0.2) is 65.6 Å². The van der Waals surface area contributed by atoms with Crippen molar-refractivity contribution in [2.45, 2.75) is 13.5 Å². The largest absolute Gasteiger partial charge is 0.488 e. The summed E-state index contributed by atoms with van der Waals surface area (Å²) in [5.74, 6) is 0.589. The van der Waals surface area contributed by atoms with Gasteiger partial charge in [0.1, 0.15) is 16.7 Å². The fourth-order valence-corrected chi connectivity index (χ4v) is 4.81. The number of carbonyl (C=O) groups excluding carboxylic acids is 1. The van der Waals surface area contributed by atoms with Crippen LogP contribution >= 0.6 is 35.6 Å². The van der Waals surface area contributed by atoms with Crippen LogP contribution in [-0.2, 0) is 11.4 Å². The topological polar surface area (TPSA) is 29.5 Å². The van der Waals surface area contributed by atoms with E-state index in [1.807, 2.05) is 31.2 Å². The zero-order chi connectivity index (χ0) is 20.4. The van der Waals surface area contributed by atoms with Gasteiger partial charge in [-0.25, -0.2) is 0 Å². The number of amides is 1. The van der Waals surface area contributed by atoms with Crippen LogP contribution in [-0.4, -0.2) is 21.7 Å². The number of ether oxygens (including phenoxy) is 1. The van der Waals surface area contributed by atoms with Gasteiger partial charge in [-0.05, 0) is 47.5 Å². The maximum absolute atomic E-state index is 12.5. The summed E-state index contributed by atoms with van der Waals surface area (Å²) in [6.07, 6.45) is 1.80. The molecule has 3 nitrogen and oxygen atoms in total. The molecule has 0 saturated carbocycles. The molecule has 1 saturated heterocycles. The number of thioether (sulfide) groups is 1. The molecule has 0 atom stereocenters. The van der Waals surface area contributed by atoms with Gasteiger partial charge in [-0.2, -0.15) is 0 Å². The molecule has 29 heavy (non-hydrogen) atoms. The van der Waals surface area contributed by atoms with Gasteiger partial charge in [0.2, 0.25) is 0 Å². The second-order valence-corrected chi connectivity index (χ2v) is 8.65. The summed E-state index contributed by atoms with van der Waals surface area (Å²) >= 11 is 12.8. The molecule has 3 aromatic carbocycles. The lowest BCUT2D eigenvalue weighted by Gasteiger charge is -2.12. The Labute approximate surface area is 184 Å². The summed E-state index contributed by atoms with van der Waals surface area (Å²) in [6.45, 7) is 2.88. The summed E-state index contributed by atoms with van der Waals surface area (Å²) in [5.41, 5.74) is 1.86. The molecule has 0 aliphatic carbocycles. The van der Waals surface area contributed by atoms with Crippen molar-refractivity contribution >= 4 is 62.7 Å². The monoisotopic (exact) mass is 439 g/mol. The number of rotatable bonds is 5. The van der Waals surface area contributed by atoms with Gasteiger partial charge in [-0.3, -0.25) is 9.69 Å². The fraction of sp³-hybridized carbons (Fsp3) is 0.130. The van der Waals surface area contributed by atoms with Crippen molar-refractivity contribution in [2.24, 2.45) is 0 Å². The third kappa shape index (κ3) is 4.17. The van der Waals surface area contributed by atoms with Gasteiger partial charge < -0.3 is 4.74 Å². The number of benzene rings is 3.